The van der Waals surface area contributed by atoms with Crippen molar-refractivity contribution in [2.75, 3.05) is 18.6 Å². The van der Waals surface area contributed by atoms with Crippen molar-refractivity contribution in [3.63, 3.8) is 0 Å². The molecule has 2 N–H and O–H groups in total. The summed E-state index contributed by atoms with van der Waals surface area (Å²) in [6.45, 7) is -0.415. The van der Waals surface area contributed by atoms with E-state index in [0.29, 0.717) is 16.6 Å². The van der Waals surface area contributed by atoms with E-state index in [4.69, 9.17) is 19.6 Å². The smallest absolute Gasteiger partial charge is 0.345 e. The number of para-hydroxylation sites is 2. The van der Waals surface area contributed by atoms with Gasteiger partial charge in [-0.2, -0.15) is 5.26 Å². The lowest BCUT2D eigenvalue weighted by Gasteiger charge is -2.33. The molecule has 0 radical (unpaired) electrons. The summed E-state index contributed by atoms with van der Waals surface area (Å²) < 4.78 is 16.0. The van der Waals surface area contributed by atoms with Gasteiger partial charge in [0.15, 0.2) is 11.2 Å². The maximum absolute atomic E-state index is 14.0. The Bertz CT molecular complexity index is 1460. The van der Waals surface area contributed by atoms with Crippen LogP contribution in [0.2, 0.25) is 0 Å². The molecule has 0 saturated heterocycles. The van der Waals surface area contributed by atoms with Crippen LogP contribution in [0.25, 0.3) is 11.0 Å². The maximum atomic E-state index is 14.0. The summed E-state index contributed by atoms with van der Waals surface area (Å²) in [4.78, 5) is 40.5. The van der Waals surface area contributed by atoms with Crippen LogP contribution in [0, 0.1) is 11.3 Å². The molecular formula is C23H15N3O6. The number of nitrogens with zero attached hydrogens (tertiary/aromatic N) is 2. The van der Waals surface area contributed by atoms with Gasteiger partial charge >= 0.3 is 11.6 Å². The number of hydrogen-bond donors (Lipinski definition) is 1. The zero-order valence-corrected chi connectivity index (χ0v) is 16.7. The van der Waals surface area contributed by atoms with Gasteiger partial charge in [-0.15, -0.1) is 0 Å². The first kappa shape index (κ1) is 19.4. The Morgan fingerprint density at radius 1 is 1.19 bits per heavy atom. The Kier molecular flexibility index (Phi) is 4.07. The maximum Gasteiger partial charge on any atom is 0.345 e. The Morgan fingerprint density at radius 3 is 2.66 bits per heavy atom. The number of ether oxygens (including phenoxy) is 2. The molecule has 0 saturated carbocycles. The second-order valence-corrected chi connectivity index (χ2v) is 7.28. The van der Waals surface area contributed by atoms with Crippen molar-refractivity contribution in [3.8, 4) is 11.8 Å². The third kappa shape index (κ3) is 2.29. The van der Waals surface area contributed by atoms with Crippen molar-refractivity contribution in [1.82, 2.24) is 0 Å². The van der Waals surface area contributed by atoms with Gasteiger partial charge in [0.1, 0.15) is 29.3 Å². The monoisotopic (exact) mass is 429 g/mol. The SMILES string of the molecule is COC(=O)CN1C(=O)C2(C(C#N)=C(N)Oc3c2c(=O)oc2ccccc32)c2ccccc21. The van der Waals surface area contributed by atoms with Crippen LogP contribution >= 0.6 is 0 Å². The standard InChI is InChI=1S/C23H15N3O6/c1-30-17(27)11-26-15-8-4-3-7-13(15)23(22(26)29)14(10-24)20(25)32-19-12-6-2-5-9-16(12)31-21(28)18(19)23/h2-9H,11,25H2,1H3. The van der Waals surface area contributed by atoms with Crippen molar-refractivity contribution in [2.24, 2.45) is 5.73 Å². The third-order valence-electron chi connectivity index (χ3n) is 5.77. The molecular weight excluding hydrogens is 414 g/mol. The molecule has 9 nitrogen and oxygen atoms in total. The van der Waals surface area contributed by atoms with Crippen molar-refractivity contribution < 1.29 is 23.5 Å². The van der Waals surface area contributed by atoms with E-state index in [0.717, 1.165) is 0 Å². The normalized spacial score (nSPS) is 18.9. The summed E-state index contributed by atoms with van der Waals surface area (Å²) in [5.74, 6) is -1.63. The summed E-state index contributed by atoms with van der Waals surface area (Å²) in [6.07, 6.45) is 0. The number of hydrogen-bond acceptors (Lipinski definition) is 8. The van der Waals surface area contributed by atoms with Crippen molar-refractivity contribution in [2.45, 2.75) is 5.41 Å². The number of nitrogens with two attached hydrogens (primary N) is 1. The van der Waals surface area contributed by atoms with E-state index in [2.05, 4.69) is 0 Å². The third-order valence-corrected chi connectivity index (χ3v) is 5.77. The minimum absolute atomic E-state index is 0.0384. The number of nitriles is 1. The number of amides is 1. The first-order valence-electron chi connectivity index (χ1n) is 9.58. The van der Waals surface area contributed by atoms with Crippen LogP contribution in [0.15, 0.2) is 69.2 Å². The number of carbonyl (C=O) groups is 2. The van der Waals surface area contributed by atoms with Gasteiger partial charge in [-0.05, 0) is 18.2 Å². The van der Waals surface area contributed by atoms with E-state index in [1.54, 1.807) is 48.5 Å². The van der Waals surface area contributed by atoms with Crippen LogP contribution in [-0.4, -0.2) is 25.5 Å². The van der Waals surface area contributed by atoms with E-state index >= 15 is 0 Å². The first-order valence-corrected chi connectivity index (χ1v) is 9.58. The van der Waals surface area contributed by atoms with Crippen LogP contribution in [0.4, 0.5) is 5.69 Å². The zero-order chi connectivity index (χ0) is 22.6. The molecule has 9 heteroatoms. The molecule has 2 aliphatic rings. The van der Waals surface area contributed by atoms with Crippen LogP contribution in [-0.2, 0) is 19.7 Å². The average molecular weight is 429 g/mol. The summed E-state index contributed by atoms with van der Waals surface area (Å²) in [6, 6.07) is 15.2. The largest absolute Gasteiger partial charge is 0.468 e. The van der Waals surface area contributed by atoms with Gasteiger partial charge in [-0.3, -0.25) is 14.5 Å². The molecule has 158 valence electrons. The molecule has 5 rings (SSSR count). The molecule has 1 unspecified atom stereocenters. The van der Waals surface area contributed by atoms with Crippen molar-refractivity contribution >= 4 is 28.5 Å². The van der Waals surface area contributed by atoms with Gasteiger partial charge in [0, 0.05) is 11.3 Å². The Morgan fingerprint density at radius 2 is 1.91 bits per heavy atom. The first-order chi connectivity index (χ1) is 15.4. The van der Waals surface area contributed by atoms with E-state index in [9.17, 15) is 19.6 Å². The zero-order valence-electron chi connectivity index (χ0n) is 16.7. The van der Waals surface area contributed by atoms with E-state index in [-0.39, 0.29) is 28.4 Å². The highest BCUT2D eigenvalue weighted by Gasteiger charge is 2.61. The molecule has 2 aromatic carbocycles. The Labute approximate surface area is 180 Å². The lowest BCUT2D eigenvalue weighted by Crippen LogP contribution is -2.49. The molecule has 1 amide bonds. The minimum atomic E-state index is -1.93. The van der Waals surface area contributed by atoms with E-state index in [1.807, 2.05) is 6.07 Å². The summed E-state index contributed by atoms with van der Waals surface area (Å²) in [5, 5.41) is 10.4. The van der Waals surface area contributed by atoms with Crippen molar-refractivity contribution in [1.29, 1.82) is 5.26 Å². The summed E-state index contributed by atoms with van der Waals surface area (Å²) >= 11 is 0. The number of carbonyl (C=O) groups excluding carboxylic acids is 2. The van der Waals surface area contributed by atoms with Gasteiger partial charge in [0.2, 0.25) is 11.8 Å². The summed E-state index contributed by atoms with van der Waals surface area (Å²) in [5.41, 5.74) is 3.86. The second-order valence-electron chi connectivity index (χ2n) is 7.28. The van der Waals surface area contributed by atoms with Crippen LogP contribution < -0.4 is 21.0 Å². The molecule has 0 aliphatic carbocycles. The topological polar surface area (TPSA) is 136 Å². The Hall–Kier alpha value is -4.58. The van der Waals surface area contributed by atoms with Crippen molar-refractivity contribution in [3.05, 3.63) is 81.5 Å². The number of fused-ring (bicyclic) bond motifs is 6. The fraction of sp³-hybridized carbons (Fsp3) is 0.130. The highest BCUT2D eigenvalue weighted by molar-refractivity contribution is 6.16. The van der Waals surface area contributed by atoms with Gasteiger partial charge in [-0.1, -0.05) is 30.3 Å². The predicted octanol–water partition coefficient (Wildman–Crippen LogP) is 1.68. The van der Waals surface area contributed by atoms with Gasteiger partial charge < -0.3 is 19.6 Å². The molecule has 3 aromatic rings. The van der Waals surface area contributed by atoms with E-state index in [1.165, 1.54) is 12.0 Å². The number of methoxy groups -OCH3 is 1. The van der Waals surface area contributed by atoms with Gasteiger partial charge in [0.25, 0.3) is 0 Å². The van der Waals surface area contributed by atoms with E-state index < -0.39 is 29.5 Å². The quantitative estimate of drug-likeness (QED) is 0.480. The summed E-state index contributed by atoms with van der Waals surface area (Å²) in [7, 11) is 1.20. The predicted molar refractivity (Wildman–Crippen MR) is 112 cm³/mol. The lowest BCUT2D eigenvalue weighted by atomic mass is 9.69. The Balaban J connectivity index is 1.93. The highest BCUT2D eigenvalue weighted by atomic mass is 16.5. The number of rotatable bonds is 2. The fourth-order valence-electron chi connectivity index (χ4n) is 4.45. The lowest BCUT2D eigenvalue weighted by molar-refractivity contribution is -0.140. The van der Waals surface area contributed by atoms with Crippen LogP contribution in [0.1, 0.15) is 11.1 Å². The minimum Gasteiger partial charge on any atom is -0.468 e. The molecule has 0 bridgehead atoms. The molecule has 1 spiro atoms. The molecule has 3 heterocycles. The van der Waals surface area contributed by atoms with Gasteiger partial charge in [-0.25, -0.2) is 4.79 Å². The molecule has 0 fully saturated rings. The molecule has 2 aliphatic heterocycles. The number of esters is 1. The average Bonchev–Trinajstić information content (AvgIpc) is 3.02. The molecule has 1 atom stereocenters. The molecule has 32 heavy (non-hydrogen) atoms. The number of anilines is 1. The fourth-order valence-corrected chi connectivity index (χ4v) is 4.45. The van der Waals surface area contributed by atoms with Crippen LogP contribution in [0.5, 0.6) is 5.75 Å². The number of benzene rings is 2. The van der Waals surface area contributed by atoms with Crippen LogP contribution in [0.3, 0.4) is 0 Å². The highest BCUT2D eigenvalue weighted by Crippen LogP contribution is 2.55. The second kappa shape index (κ2) is 6.72. The molecule has 1 aromatic heterocycles. The van der Waals surface area contributed by atoms with Gasteiger partial charge in [0.05, 0.1) is 12.5 Å².